The van der Waals surface area contributed by atoms with Crippen molar-refractivity contribution < 1.29 is 19.4 Å². The average molecular weight is 215 g/mol. The summed E-state index contributed by atoms with van der Waals surface area (Å²) in [5, 5.41) is 8.44. The van der Waals surface area contributed by atoms with Crippen LogP contribution in [0.5, 0.6) is 0 Å². The Balaban J connectivity index is 4.24. The summed E-state index contributed by atoms with van der Waals surface area (Å²) in [6, 6.07) is 0. The Kier molecular flexibility index (Phi) is 5.62. The summed E-state index contributed by atoms with van der Waals surface area (Å²) in [6.07, 6.45) is 1.82. The van der Waals surface area contributed by atoms with Gasteiger partial charge in [0.15, 0.2) is 0 Å². The smallest absolute Gasteiger partial charge is 0.330 e. The van der Waals surface area contributed by atoms with E-state index in [9.17, 15) is 9.59 Å². The summed E-state index contributed by atoms with van der Waals surface area (Å²) < 4.78 is 4.77. The zero-order valence-electron chi connectivity index (χ0n) is 8.86. The highest BCUT2D eigenvalue weighted by molar-refractivity contribution is 5.83. The van der Waals surface area contributed by atoms with E-state index in [1.165, 1.54) is 6.08 Å². The number of carbonyl (C=O) groups is 2. The quantitative estimate of drug-likeness (QED) is 0.481. The molecule has 0 saturated heterocycles. The van der Waals surface area contributed by atoms with Crippen molar-refractivity contribution in [1.82, 2.24) is 0 Å². The Morgan fingerprint density at radius 2 is 2.20 bits per heavy atom. The molecular weight excluding hydrogens is 198 g/mol. The van der Waals surface area contributed by atoms with Crippen molar-refractivity contribution in [3.8, 4) is 0 Å². The van der Waals surface area contributed by atoms with E-state index in [1.54, 1.807) is 6.92 Å². The van der Waals surface area contributed by atoms with Crippen LogP contribution in [0, 0.1) is 0 Å². The van der Waals surface area contributed by atoms with Crippen LogP contribution in [0.2, 0.25) is 0 Å². The lowest BCUT2D eigenvalue weighted by Gasteiger charge is -2.22. The number of carboxylic acid groups (broad SMARTS) is 1. The van der Waals surface area contributed by atoms with Gasteiger partial charge in [0.1, 0.15) is 5.54 Å². The molecule has 0 bridgehead atoms. The number of carbonyl (C=O) groups excluding carboxylic acids is 1. The van der Waals surface area contributed by atoms with Crippen LogP contribution in [0.15, 0.2) is 12.7 Å². The lowest BCUT2D eigenvalue weighted by Crippen LogP contribution is -2.47. The highest BCUT2D eigenvalue weighted by Crippen LogP contribution is 2.14. The third-order valence-corrected chi connectivity index (χ3v) is 2.00. The van der Waals surface area contributed by atoms with Crippen molar-refractivity contribution in [3.05, 3.63) is 12.7 Å². The van der Waals surface area contributed by atoms with Gasteiger partial charge in [0, 0.05) is 6.42 Å². The van der Waals surface area contributed by atoms with Gasteiger partial charge in [0.25, 0.3) is 0 Å². The minimum absolute atomic E-state index is 0.0216. The summed E-state index contributed by atoms with van der Waals surface area (Å²) in [5.41, 5.74) is 4.46. The van der Waals surface area contributed by atoms with E-state index in [1.807, 2.05) is 0 Å². The molecule has 0 aromatic rings. The molecule has 86 valence electrons. The molecule has 0 rings (SSSR count). The molecule has 1 atom stereocenters. The maximum Gasteiger partial charge on any atom is 0.330 e. The fourth-order valence-corrected chi connectivity index (χ4v) is 1.09. The second-order valence-electron chi connectivity index (χ2n) is 3.21. The Hall–Kier alpha value is -1.36. The Bertz CT molecular complexity index is 252. The highest BCUT2D eigenvalue weighted by atomic mass is 16.5. The molecule has 5 nitrogen and oxygen atoms in total. The fourth-order valence-electron chi connectivity index (χ4n) is 1.09. The predicted octanol–water partition coefficient (Wildman–Crippen LogP) is 0.688. The molecule has 0 aliphatic carbocycles. The van der Waals surface area contributed by atoms with Crippen LogP contribution in [-0.2, 0) is 14.3 Å². The van der Waals surface area contributed by atoms with Gasteiger partial charge in [-0.1, -0.05) is 6.08 Å². The van der Waals surface area contributed by atoms with Crippen molar-refractivity contribution in [2.45, 2.75) is 31.7 Å². The molecule has 0 saturated carbocycles. The number of nitrogens with two attached hydrogens (primary N) is 1. The summed E-state index contributed by atoms with van der Waals surface area (Å²) in [5.74, 6) is -1.48. The SMILES string of the molecule is C=CC(N)(CCCC(=O)O)C(=O)OCC. The lowest BCUT2D eigenvalue weighted by atomic mass is 9.94. The molecular formula is C10H17NO4. The normalized spacial score (nSPS) is 14.0. The zero-order valence-corrected chi connectivity index (χ0v) is 8.86. The van der Waals surface area contributed by atoms with Gasteiger partial charge in [-0.15, -0.1) is 6.58 Å². The van der Waals surface area contributed by atoms with Crippen LogP contribution in [0.25, 0.3) is 0 Å². The second kappa shape index (κ2) is 6.19. The zero-order chi connectivity index (χ0) is 11.9. The lowest BCUT2D eigenvalue weighted by molar-refractivity contribution is -0.148. The molecule has 0 aromatic carbocycles. The van der Waals surface area contributed by atoms with Gasteiger partial charge in [0.05, 0.1) is 6.61 Å². The second-order valence-corrected chi connectivity index (χ2v) is 3.21. The third kappa shape index (κ3) is 4.60. The van der Waals surface area contributed by atoms with E-state index in [0.29, 0.717) is 6.42 Å². The number of carboxylic acids is 1. The molecule has 0 amide bonds. The third-order valence-electron chi connectivity index (χ3n) is 2.00. The van der Waals surface area contributed by atoms with Gasteiger partial charge in [0.2, 0.25) is 0 Å². The van der Waals surface area contributed by atoms with Gasteiger partial charge in [-0.05, 0) is 19.8 Å². The molecule has 0 heterocycles. The minimum Gasteiger partial charge on any atom is -0.481 e. The van der Waals surface area contributed by atoms with Gasteiger partial charge in [-0.2, -0.15) is 0 Å². The molecule has 5 heteroatoms. The standard InChI is InChI=1S/C10H17NO4/c1-3-10(11,9(14)15-4-2)7-5-6-8(12)13/h3H,1,4-7,11H2,2H3,(H,12,13). The van der Waals surface area contributed by atoms with E-state index < -0.39 is 17.5 Å². The van der Waals surface area contributed by atoms with Crippen LogP contribution >= 0.6 is 0 Å². The van der Waals surface area contributed by atoms with Crippen molar-refractivity contribution in [1.29, 1.82) is 0 Å². The monoisotopic (exact) mass is 215 g/mol. The van der Waals surface area contributed by atoms with Crippen LogP contribution in [0.3, 0.4) is 0 Å². The largest absolute Gasteiger partial charge is 0.481 e. The number of ether oxygens (including phenoxy) is 1. The van der Waals surface area contributed by atoms with Crippen LogP contribution in [-0.4, -0.2) is 29.2 Å². The number of esters is 1. The first-order valence-electron chi connectivity index (χ1n) is 4.77. The van der Waals surface area contributed by atoms with Crippen LogP contribution in [0.4, 0.5) is 0 Å². The molecule has 0 fully saturated rings. The van der Waals surface area contributed by atoms with Crippen molar-refractivity contribution in [3.63, 3.8) is 0 Å². The van der Waals surface area contributed by atoms with Crippen LogP contribution < -0.4 is 5.73 Å². The molecule has 1 unspecified atom stereocenters. The maximum absolute atomic E-state index is 11.4. The fraction of sp³-hybridized carbons (Fsp3) is 0.600. The van der Waals surface area contributed by atoms with Crippen molar-refractivity contribution >= 4 is 11.9 Å². The number of hydrogen-bond donors (Lipinski definition) is 2. The van der Waals surface area contributed by atoms with E-state index in [2.05, 4.69) is 6.58 Å². The number of aliphatic carboxylic acids is 1. The topological polar surface area (TPSA) is 89.6 Å². The first-order chi connectivity index (χ1) is 6.96. The number of rotatable bonds is 7. The molecule has 0 aromatic heterocycles. The molecule has 0 spiro atoms. The molecule has 0 aliphatic heterocycles. The summed E-state index contributed by atoms with van der Waals surface area (Å²) in [6.45, 7) is 5.38. The van der Waals surface area contributed by atoms with E-state index in [-0.39, 0.29) is 19.4 Å². The molecule has 0 radical (unpaired) electrons. The van der Waals surface area contributed by atoms with Gasteiger partial charge in [-0.25, -0.2) is 4.79 Å². The Morgan fingerprint density at radius 1 is 1.60 bits per heavy atom. The number of hydrogen-bond acceptors (Lipinski definition) is 4. The Morgan fingerprint density at radius 3 is 2.60 bits per heavy atom. The van der Waals surface area contributed by atoms with E-state index in [4.69, 9.17) is 15.6 Å². The first-order valence-corrected chi connectivity index (χ1v) is 4.77. The average Bonchev–Trinajstić information content (AvgIpc) is 2.17. The highest BCUT2D eigenvalue weighted by Gasteiger charge is 2.31. The predicted molar refractivity (Wildman–Crippen MR) is 55.2 cm³/mol. The maximum atomic E-state index is 11.4. The van der Waals surface area contributed by atoms with E-state index in [0.717, 1.165) is 0 Å². The van der Waals surface area contributed by atoms with Gasteiger partial charge >= 0.3 is 11.9 Å². The van der Waals surface area contributed by atoms with Crippen LogP contribution in [0.1, 0.15) is 26.2 Å². The van der Waals surface area contributed by atoms with Gasteiger partial charge < -0.3 is 15.6 Å². The molecule has 3 N–H and O–H groups in total. The van der Waals surface area contributed by atoms with Crippen molar-refractivity contribution in [2.24, 2.45) is 5.73 Å². The first kappa shape index (κ1) is 13.6. The molecule has 15 heavy (non-hydrogen) atoms. The van der Waals surface area contributed by atoms with Gasteiger partial charge in [-0.3, -0.25) is 4.79 Å². The Labute approximate surface area is 88.9 Å². The summed E-state index contributed by atoms with van der Waals surface area (Å²) >= 11 is 0. The van der Waals surface area contributed by atoms with Crippen molar-refractivity contribution in [2.75, 3.05) is 6.61 Å². The molecule has 0 aliphatic rings. The minimum atomic E-state index is -1.27. The summed E-state index contributed by atoms with van der Waals surface area (Å²) in [7, 11) is 0. The van der Waals surface area contributed by atoms with E-state index >= 15 is 0 Å². The summed E-state index contributed by atoms with van der Waals surface area (Å²) in [4.78, 5) is 21.7.